The first-order valence-electron chi connectivity index (χ1n) is 11.7. The van der Waals surface area contributed by atoms with Crippen LogP contribution in [0.15, 0.2) is 23.2 Å². The highest BCUT2D eigenvalue weighted by molar-refractivity contribution is 14.0. The average molecular weight is 561 g/mol. The predicted octanol–water partition coefficient (Wildman–Crippen LogP) is 2.65. The number of aliphatic imine (C=N–C) groups is 1. The highest BCUT2D eigenvalue weighted by Crippen LogP contribution is 2.22. The number of benzene rings is 1. The Hall–Kier alpha value is -1.62. The molecule has 7 nitrogen and oxygen atoms in total. The highest BCUT2D eigenvalue weighted by atomic mass is 127. The summed E-state index contributed by atoms with van der Waals surface area (Å²) in [5, 5.41) is 6.54. The van der Waals surface area contributed by atoms with Gasteiger partial charge in [0.25, 0.3) is 0 Å². The van der Waals surface area contributed by atoms with Crippen LogP contribution in [0.1, 0.15) is 38.7 Å². The van der Waals surface area contributed by atoms with Crippen LogP contribution in [-0.2, 0) is 11.3 Å². The Morgan fingerprint density at radius 2 is 1.91 bits per heavy atom. The first-order valence-corrected chi connectivity index (χ1v) is 11.7. The number of carbonyl (C=O) groups is 1. The molecule has 32 heavy (non-hydrogen) atoms. The molecular weight excluding hydrogens is 522 g/mol. The Labute approximate surface area is 208 Å². The van der Waals surface area contributed by atoms with E-state index < -0.39 is 0 Å². The van der Waals surface area contributed by atoms with Gasteiger partial charge in [-0.15, -0.1) is 24.0 Å². The smallest absolute Gasteiger partial charge is 0.222 e. The van der Waals surface area contributed by atoms with Crippen molar-refractivity contribution in [2.75, 3.05) is 63.8 Å². The standard InChI is InChI=1S/C23H37FN6O.HI/c1-3-25-23(26-10-6-12-30-11-5-7-22(30)31)27-18-19-8-9-21(20(24)17-19)29-15-13-28(4-2)14-16-29;/h8-9,17H,3-7,10-16,18H2,1-2H3,(H2,25,26,27);1H. The van der Waals surface area contributed by atoms with Crippen LogP contribution >= 0.6 is 24.0 Å². The van der Waals surface area contributed by atoms with Gasteiger partial charge in [0.1, 0.15) is 5.82 Å². The van der Waals surface area contributed by atoms with Gasteiger partial charge in [0, 0.05) is 58.8 Å². The first kappa shape index (κ1) is 26.6. The SMILES string of the molecule is CCNC(=NCc1ccc(N2CCN(CC)CC2)c(F)c1)NCCCN1CCCC1=O.I. The summed E-state index contributed by atoms with van der Waals surface area (Å²) in [6.45, 7) is 12.5. The zero-order chi connectivity index (χ0) is 22.1. The van der Waals surface area contributed by atoms with Crippen molar-refractivity contribution in [1.82, 2.24) is 20.4 Å². The molecule has 1 aromatic carbocycles. The van der Waals surface area contributed by atoms with Crippen LogP contribution in [0.5, 0.6) is 0 Å². The minimum atomic E-state index is -0.175. The molecule has 1 aromatic rings. The van der Waals surface area contributed by atoms with E-state index in [1.165, 1.54) is 0 Å². The predicted molar refractivity (Wildman–Crippen MR) is 139 cm³/mol. The molecule has 0 spiro atoms. The van der Waals surface area contributed by atoms with Gasteiger partial charge in [-0.3, -0.25) is 4.79 Å². The maximum absolute atomic E-state index is 14.7. The third-order valence-electron chi connectivity index (χ3n) is 6.00. The molecule has 0 aromatic heterocycles. The molecule has 2 heterocycles. The van der Waals surface area contributed by atoms with Crippen molar-refractivity contribution < 1.29 is 9.18 Å². The van der Waals surface area contributed by atoms with E-state index in [1.54, 1.807) is 6.07 Å². The molecule has 2 N–H and O–H groups in total. The summed E-state index contributed by atoms with van der Waals surface area (Å²) in [5.74, 6) is 0.805. The summed E-state index contributed by atoms with van der Waals surface area (Å²) in [6.07, 6.45) is 2.53. The number of anilines is 1. The summed E-state index contributed by atoms with van der Waals surface area (Å²) in [4.78, 5) is 22.7. The maximum atomic E-state index is 14.7. The molecule has 3 rings (SSSR count). The van der Waals surface area contributed by atoms with Gasteiger partial charge in [-0.2, -0.15) is 0 Å². The van der Waals surface area contributed by atoms with E-state index in [9.17, 15) is 9.18 Å². The lowest BCUT2D eigenvalue weighted by Crippen LogP contribution is -2.46. The normalized spacial score (nSPS) is 17.5. The molecule has 2 aliphatic rings. The number of piperazine rings is 1. The van der Waals surface area contributed by atoms with E-state index in [0.717, 1.165) is 83.3 Å². The number of likely N-dealkylation sites (tertiary alicyclic amines) is 1. The van der Waals surface area contributed by atoms with Crippen molar-refractivity contribution in [3.05, 3.63) is 29.6 Å². The maximum Gasteiger partial charge on any atom is 0.222 e. The van der Waals surface area contributed by atoms with Crippen molar-refractivity contribution in [2.24, 2.45) is 4.99 Å². The largest absolute Gasteiger partial charge is 0.367 e. The molecule has 2 saturated heterocycles. The van der Waals surface area contributed by atoms with Crippen molar-refractivity contribution in [2.45, 2.75) is 39.7 Å². The zero-order valence-corrected chi connectivity index (χ0v) is 21.7. The van der Waals surface area contributed by atoms with Crippen LogP contribution in [0.2, 0.25) is 0 Å². The Morgan fingerprint density at radius 3 is 2.53 bits per heavy atom. The lowest BCUT2D eigenvalue weighted by Gasteiger charge is -2.35. The fourth-order valence-electron chi connectivity index (χ4n) is 4.14. The number of nitrogens with one attached hydrogen (secondary N) is 2. The Bertz CT molecular complexity index is 754. The fourth-order valence-corrected chi connectivity index (χ4v) is 4.14. The molecular formula is C23H38FIN6O. The molecule has 9 heteroatoms. The van der Waals surface area contributed by atoms with E-state index in [0.29, 0.717) is 18.7 Å². The molecule has 0 bridgehead atoms. The van der Waals surface area contributed by atoms with Gasteiger partial charge in [-0.25, -0.2) is 9.38 Å². The second-order valence-electron chi connectivity index (χ2n) is 8.17. The van der Waals surface area contributed by atoms with Crippen molar-refractivity contribution in [3.8, 4) is 0 Å². The molecule has 0 atom stereocenters. The lowest BCUT2D eigenvalue weighted by atomic mass is 10.1. The van der Waals surface area contributed by atoms with E-state index in [2.05, 4.69) is 32.3 Å². The van der Waals surface area contributed by atoms with Gasteiger partial charge in [0.15, 0.2) is 5.96 Å². The zero-order valence-electron chi connectivity index (χ0n) is 19.4. The van der Waals surface area contributed by atoms with E-state index in [-0.39, 0.29) is 35.7 Å². The van der Waals surface area contributed by atoms with Crippen LogP contribution in [-0.4, -0.2) is 80.6 Å². The Balaban J connectivity index is 0.00000363. The molecule has 2 fully saturated rings. The van der Waals surface area contributed by atoms with Crippen LogP contribution in [0.4, 0.5) is 10.1 Å². The number of likely N-dealkylation sites (N-methyl/N-ethyl adjacent to an activating group) is 1. The number of carbonyl (C=O) groups excluding carboxylic acids is 1. The van der Waals surface area contributed by atoms with Gasteiger partial charge in [-0.05, 0) is 44.0 Å². The van der Waals surface area contributed by atoms with Gasteiger partial charge in [0.05, 0.1) is 12.2 Å². The van der Waals surface area contributed by atoms with Gasteiger partial charge in [0.2, 0.25) is 5.91 Å². The van der Waals surface area contributed by atoms with Crippen molar-refractivity contribution >= 4 is 41.5 Å². The minimum absolute atomic E-state index is 0. The number of guanidine groups is 1. The topological polar surface area (TPSA) is 63.2 Å². The quantitative estimate of drug-likeness (QED) is 0.211. The average Bonchev–Trinajstić information content (AvgIpc) is 3.19. The second kappa shape index (κ2) is 13.8. The lowest BCUT2D eigenvalue weighted by molar-refractivity contribution is -0.127. The van der Waals surface area contributed by atoms with Gasteiger partial charge < -0.3 is 25.3 Å². The van der Waals surface area contributed by atoms with E-state index >= 15 is 0 Å². The van der Waals surface area contributed by atoms with E-state index in [4.69, 9.17) is 0 Å². The van der Waals surface area contributed by atoms with Crippen LogP contribution in [0.25, 0.3) is 0 Å². The van der Waals surface area contributed by atoms with E-state index in [1.807, 2.05) is 24.0 Å². The third-order valence-corrected chi connectivity index (χ3v) is 6.00. The molecule has 0 radical (unpaired) electrons. The van der Waals surface area contributed by atoms with Crippen molar-refractivity contribution in [3.63, 3.8) is 0 Å². The number of nitrogens with zero attached hydrogens (tertiary/aromatic N) is 4. The summed E-state index contributed by atoms with van der Waals surface area (Å²) in [6, 6.07) is 5.46. The number of amides is 1. The van der Waals surface area contributed by atoms with Gasteiger partial charge >= 0.3 is 0 Å². The second-order valence-corrected chi connectivity index (χ2v) is 8.17. The van der Waals surface area contributed by atoms with Gasteiger partial charge in [-0.1, -0.05) is 13.0 Å². The molecule has 0 saturated carbocycles. The Morgan fingerprint density at radius 1 is 1.12 bits per heavy atom. The highest BCUT2D eigenvalue weighted by Gasteiger charge is 2.19. The summed E-state index contributed by atoms with van der Waals surface area (Å²) in [7, 11) is 0. The molecule has 0 aliphatic carbocycles. The fraction of sp³-hybridized carbons (Fsp3) is 0.652. The molecule has 1 amide bonds. The summed E-state index contributed by atoms with van der Waals surface area (Å²) in [5.41, 5.74) is 1.54. The third kappa shape index (κ3) is 7.75. The van der Waals surface area contributed by atoms with Crippen LogP contribution < -0.4 is 15.5 Å². The first-order chi connectivity index (χ1) is 15.1. The van der Waals surface area contributed by atoms with Crippen molar-refractivity contribution in [1.29, 1.82) is 0 Å². The summed E-state index contributed by atoms with van der Waals surface area (Å²) >= 11 is 0. The molecule has 0 unspecified atom stereocenters. The molecule has 2 aliphatic heterocycles. The van der Waals surface area contributed by atoms with Crippen LogP contribution in [0, 0.1) is 5.82 Å². The van der Waals surface area contributed by atoms with Crippen LogP contribution in [0.3, 0.4) is 0 Å². The number of rotatable bonds is 9. The number of hydrogen-bond acceptors (Lipinski definition) is 4. The minimum Gasteiger partial charge on any atom is -0.367 e. The monoisotopic (exact) mass is 560 g/mol. The number of halogens is 2. The summed E-state index contributed by atoms with van der Waals surface area (Å²) < 4.78 is 14.7. The molecule has 180 valence electrons. The number of hydrogen-bond donors (Lipinski definition) is 2. The Kier molecular flexibility index (Phi) is 11.5.